The molecule has 0 spiro atoms. The number of benzene rings is 1. The Morgan fingerprint density at radius 3 is 2.50 bits per heavy atom. The zero-order valence-corrected chi connectivity index (χ0v) is 17.2. The molecule has 1 N–H and O–H groups in total. The summed E-state index contributed by atoms with van der Waals surface area (Å²) in [5, 5.41) is 3.56. The van der Waals surface area contributed by atoms with Crippen molar-refractivity contribution >= 4 is 5.96 Å². The molecule has 0 radical (unpaired) electrons. The Balaban J connectivity index is 1.65. The Bertz CT molecular complexity index is 518. The summed E-state index contributed by atoms with van der Waals surface area (Å²) >= 11 is 0. The highest BCUT2D eigenvalue weighted by atomic mass is 15.3. The van der Waals surface area contributed by atoms with Gasteiger partial charge in [0.15, 0.2) is 5.96 Å². The van der Waals surface area contributed by atoms with Gasteiger partial charge in [0, 0.05) is 32.7 Å². The predicted octanol–water partition coefficient (Wildman–Crippen LogP) is 3.64. The van der Waals surface area contributed by atoms with Gasteiger partial charge in [0.05, 0.1) is 0 Å². The first-order chi connectivity index (χ1) is 12.6. The average Bonchev–Trinajstić information content (AvgIpc) is 2.66. The molecule has 1 aromatic rings. The minimum atomic E-state index is 0.632. The SMILES string of the molecule is CN=C(NCCCCN(C)C(C)C)N1CCC(Cc2ccccc2)CC1. The maximum atomic E-state index is 4.50. The molecular weight excluding hydrogens is 320 g/mol. The van der Waals surface area contributed by atoms with Gasteiger partial charge in [0.2, 0.25) is 0 Å². The second-order valence-corrected chi connectivity index (χ2v) is 7.88. The van der Waals surface area contributed by atoms with E-state index < -0.39 is 0 Å². The summed E-state index contributed by atoms with van der Waals surface area (Å²) < 4.78 is 0. The minimum absolute atomic E-state index is 0.632. The lowest BCUT2D eigenvalue weighted by Gasteiger charge is -2.34. The molecule has 0 saturated carbocycles. The largest absolute Gasteiger partial charge is 0.356 e. The van der Waals surface area contributed by atoms with E-state index in [0.29, 0.717) is 6.04 Å². The summed E-state index contributed by atoms with van der Waals surface area (Å²) in [7, 11) is 4.11. The molecule has 1 saturated heterocycles. The van der Waals surface area contributed by atoms with Crippen LogP contribution in [0.4, 0.5) is 0 Å². The zero-order valence-electron chi connectivity index (χ0n) is 17.2. The molecule has 0 unspecified atom stereocenters. The number of hydrogen-bond acceptors (Lipinski definition) is 2. The molecule has 4 nitrogen and oxygen atoms in total. The van der Waals surface area contributed by atoms with Crippen molar-refractivity contribution < 1.29 is 0 Å². The number of rotatable bonds is 8. The smallest absolute Gasteiger partial charge is 0.193 e. The number of likely N-dealkylation sites (tertiary alicyclic amines) is 1. The molecule has 0 aliphatic carbocycles. The number of piperidine rings is 1. The van der Waals surface area contributed by atoms with Gasteiger partial charge in [-0.25, -0.2) is 0 Å². The van der Waals surface area contributed by atoms with Crippen molar-refractivity contribution in [1.82, 2.24) is 15.1 Å². The molecule has 2 rings (SSSR count). The number of nitrogens with one attached hydrogen (secondary N) is 1. The van der Waals surface area contributed by atoms with E-state index in [0.717, 1.165) is 31.5 Å². The molecule has 1 aliphatic rings. The Morgan fingerprint density at radius 1 is 1.19 bits per heavy atom. The molecule has 1 aromatic carbocycles. The van der Waals surface area contributed by atoms with Crippen LogP contribution in [0, 0.1) is 5.92 Å². The monoisotopic (exact) mass is 358 g/mol. The van der Waals surface area contributed by atoms with Crippen LogP contribution in [0.15, 0.2) is 35.3 Å². The van der Waals surface area contributed by atoms with Gasteiger partial charge in [-0.1, -0.05) is 30.3 Å². The maximum absolute atomic E-state index is 4.50. The summed E-state index contributed by atoms with van der Waals surface area (Å²) in [5.41, 5.74) is 1.47. The van der Waals surface area contributed by atoms with Crippen molar-refractivity contribution in [2.24, 2.45) is 10.9 Å². The van der Waals surface area contributed by atoms with E-state index in [-0.39, 0.29) is 0 Å². The topological polar surface area (TPSA) is 30.9 Å². The van der Waals surface area contributed by atoms with Crippen molar-refractivity contribution in [3.63, 3.8) is 0 Å². The van der Waals surface area contributed by atoms with Gasteiger partial charge in [-0.2, -0.15) is 0 Å². The highest BCUT2D eigenvalue weighted by Gasteiger charge is 2.21. The number of aliphatic imine (C=N–C) groups is 1. The molecule has 1 heterocycles. The first-order valence-corrected chi connectivity index (χ1v) is 10.3. The van der Waals surface area contributed by atoms with Crippen molar-refractivity contribution in [3.05, 3.63) is 35.9 Å². The molecule has 0 amide bonds. The lowest BCUT2D eigenvalue weighted by atomic mass is 9.90. The second-order valence-electron chi connectivity index (χ2n) is 7.88. The molecule has 0 atom stereocenters. The molecular formula is C22H38N4. The fraction of sp³-hybridized carbons (Fsp3) is 0.682. The van der Waals surface area contributed by atoms with E-state index in [1.54, 1.807) is 0 Å². The van der Waals surface area contributed by atoms with Crippen LogP contribution in [-0.2, 0) is 6.42 Å². The van der Waals surface area contributed by atoms with E-state index in [2.05, 4.69) is 71.3 Å². The minimum Gasteiger partial charge on any atom is -0.356 e. The van der Waals surface area contributed by atoms with Crippen molar-refractivity contribution in [2.75, 3.05) is 40.3 Å². The van der Waals surface area contributed by atoms with Gasteiger partial charge >= 0.3 is 0 Å². The Morgan fingerprint density at radius 2 is 1.88 bits per heavy atom. The lowest BCUT2D eigenvalue weighted by Crippen LogP contribution is -2.46. The quantitative estimate of drug-likeness (QED) is 0.437. The third-order valence-electron chi connectivity index (χ3n) is 5.60. The first-order valence-electron chi connectivity index (χ1n) is 10.3. The Hall–Kier alpha value is -1.55. The van der Waals surface area contributed by atoms with E-state index in [4.69, 9.17) is 0 Å². The number of unbranched alkanes of at least 4 members (excludes halogenated alkanes) is 1. The Kier molecular flexibility index (Phi) is 8.96. The van der Waals surface area contributed by atoms with Crippen molar-refractivity contribution in [1.29, 1.82) is 0 Å². The fourth-order valence-electron chi connectivity index (χ4n) is 3.57. The van der Waals surface area contributed by atoms with Gasteiger partial charge in [-0.15, -0.1) is 0 Å². The average molecular weight is 359 g/mol. The number of nitrogens with zero attached hydrogens (tertiary/aromatic N) is 3. The van der Waals surface area contributed by atoms with Crippen LogP contribution in [0.5, 0.6) is 0 Å². The van der Waals surface area contributed by atoms with Gasteiger partial charge in [-0.05, 0) is 71.0 Å². The highest BCUT2D eigenvalue weighted by Crippen LogP contribution is 2.21. The molecule has 0 bridgehead atoms. The maximum Gasteiger partial charge on any atom is 0.193 e. The van der Waals surface area contributed by atoms with Crippen LogP contribution in [0.25, 0.3) is 0 Å². The number of hydrogen-bond donors (Lipinski definition) is 1. The van der Waals surface area contributed by atoms with Crippen molar-refractivity contribution in [3.8, 4) is 0 Å². The summed E-state index contributed by atoms with van der Waals surface area (Å²) in [6.07, 6.45) is 6.16. The van der Waals surface area contributed by atoms with Gasteiger partial charge in [-0.3, -0.25) is 4.99 Å². The standard InChI is InChI=1S/C22H38N4/c1-19(2)25(4)15-9-8-14-24-22(23-3)26-16-12-21(13-17-26)18-20-10-6-5-7-11-20/h5-7,10-11,19,21H,8-9,12-18H2,1-4H3,(H,23,24). The van der Waals surface area contributed by atoms with Crippen LogP contribution in [-0.4, -0.2) is 62.1 Å². The van der Waals surface area contributed by atoms with E-state index in [9.17, 15) is 0 Å². The second kappa shape index (κ2) is 11.2. The van der Waals surface area contributed by atoms with Gasteiger partial charge < -0.3 is 15.1 Å². The van der Waals surface area contributed by atoms with Gasteiger partial charge in [0.25, 0.3) is 0 Å². The lowest BCUT2D eigenvalue weighted by molar-refractivity contribution is 0.257. The van der Waals surface area contributed by atoms with Crippen LogP contribution >= 0.6 is 0 Å². The van der Waals surface area contributed by atoms with Crippen LogP contribution in [0.2, 0.25) is 0 Å². The van der Waals surface area contributed by atoms with E-state index >= 15 is 0 Å². The van der Waals surface area contributed by atoms with Crippen molar-refractivity contribution in [2.45, 2.75) is 52.0 Å². The van der Waals surface area contributed by atoms with Crippen LogP contribution in [0.3, 0.4) is 0 Å². The molecule has 4 heteroatoms. The fourth-order valence-corrected chi connectivity index (χ4v) is 3.57. The summed E-state index contributed by atoms with van der Waals surface area (Å²) in [5.74, 6) is 1.89. The molecule has 1 fully saturated rings. The number of guanidine groups is 1. The summed E-state index contributed by atoms with van der Waals surface area (Å²) in [6.45, 7) is 8.93. The van der Waals surface area contributed by atoms with Crippen LogP contribution in [0.1, 0.15) is 45.1 Å². The molecule has 0 aromatic heterocycles. The third-order valence-corrected chi connectivity index (χ3v) is 5.60. The summed E-state index contributed by atoms with van der Waals surface area (Å²) in [4.78, 5) is 9.34. The summed E-state index contributed by atoms with van der Waals surface area (Å²) in [6, 6.07) is 11.5. The third kappa shape index (κ3) is 6.99. The van der Waals surface area contributed by atoms with E-state index in [1.165, 1.54) is 44.2 Å². The zero-order chi connectivity index (χ0) is 18.8. The Labute approximate surface area is 160 Å². The molecule has 1 aliphatic heterocycles. The molecule has 146 valence electrons. The molecule has 26 heavy (non-hydrogen) atoms. The highest BCUT2D eigenvalue weighted by molar-refractivity contribution is 5.79. The van der Waals surface area contributed by atoms with Crippen LogP contribution < -0.4 is 5.32 Å². The predicted molar refractivity (Wildman–Crippen MR) is 113 cm³/mol. The van der Waals surface area contributed by atoms with E-state index in [1.807, 2.05) is 7.05 Å². The normalized spacial score (nSPS) is 16.5. The van der Waals surface area contributed by atoms with Gasteiger partial charge in [0.1, 0.15) is 0 Å². The first kappa shape index (κ1) is 20.8.